The highest BCUT2D eigenvalue weighted by Crippen LogP contribution is 2.27. The molecule has 2 aromatic rings. The summed E-state index contributed by atoms with van der Waals surface area (Å²) in [6.45, 7) is 0.374. The Kier molecular flexibility index (Phi) is 3.58. The predicted octanol–water partition coefficient (Wildman–Crippen LogP) is 3.18. The van der Waals surface area contributed by atoms with Gasteiger partial charge in [0.1, 0.15) is 5.82 Å². The minimum atomic E-state index is -0.233. The van der Waals surface area contributed by atoms with Crippen LogP contribution < -0.4 is 11.1 Å². The second-order valence-corrected chi connectivity index (χ2v) is 4.38. The Morgan fingerprint density at radius 3 is 2.76 bits per heavy atom. The van der Waals surface area contributed by atoms with Crippen LogP contribution in [0.4, 0.5) is 15.8 Å². The van der Waals surface area contributed by atoms with Gasteiger partial charge in [0.15, 0.2) is 0 Å². The van der Waals surface area contributed by atoms with Crippen molar-refractivity contribution in [1.82, 2.24) is 4.98 Å². The van der Waals surface area contributed by atoms with Gasteiger partial charge in [0.25, 0.3) is 0 Å². The van der Waals surface area contributed by atoms with Gasteiger partial charge in [-0.15, -0.1) is 0 Å². The fourth-order valence-electron chi connectivity index (χ4n) is 1.46. The van der Waals surface area contributed by atoms with E-state index in [1.807, 2.05) is 0 Å². The highest BCUT2D eigenvalue weighted by molar-refractivity contribution is 9.10. The van der Waals surface area contributed by atoms with Crippen molar-refractivity contribution in [2.75, 3.05) is 11.1 Å². The van der Waals surface area contributed by atoms with Gasteiger partial charge in [-0.3, -0.25) is 4.98 Å². The molecule has 88 valence electrons. The lowest BCUT2D eigenvalue weighted by molar-refractivity contribution is 0.613. The molecular formula is C12H11BrFN3. The molecule has 3 nitrogen and oxygen atoms in total. The molecule has 0 fully saturated rings. The molecular weight excluding hydrogens is 285 g/mol. The maximum Gasteiger partial charge on any atom is 0.128 e. The number of nitrogens with zero attached hydrogens (tertiary/aromatic N) is 1. The summed E-state index contributed by atoms with van der Waals surface area (Å²) in [5.41, 5.74) is 7.62. The molecule has 1 aromatic carbocycles. The standard InChI is InChI=1S/C12H11BrFN3/c13-9-6-16-7-11(15)12(9)17-5-8-3-1-2-4-10(8)14/h1-4,6-7H,5,15H2,(H,16,17). The van der Waals surface area contributed by atoms with Crippen molar-refractivity contribution in [3.63, 3.8) is 0 Å². The average molecular weight is 296 g/mol. The first-order valence-electron chi connectivity index (χ1n) is 5.04. The van der Waals surface area contributed by atoms with E-state index >= 15 is 0 Å². The van der Waals surface area contributed by atoms with Crippen LogP contribution in [0.15, 0.2) is 41.1 Å². The Balaban J connectivity index is 2.16. The van der Waals surface area contributed by atoms with Gasteiger partial charge in [0.2, 0.25) is 0 Å². The van der Waals surface area contributed by atoms with Crippen LogP contribution in [0.25, 0.3) is 0 Å². The fraction of sp³-hybridized carbons (Fsp3) is 0.0833. The highest BCUT2D eigenvalue weighted by Gasteiger charge is 2.06. The molecule has 1 aromatic heterocycles. The predicted molar refractivity (Wildman–Crippen MR) is 70.1 cm³/mol. The molecule has 17 heavy (non-hydrogen) atoms. The maximum absolute atomic E-state index is 13.4. The van der Waals surface area contributed by atoms with Gasteiger partial charge in [-0.1, -0.05) is 18.2 Å². The highest BCUT2D eigenvalue weighted by atomic mass is 79.9. The van der Waals surface area contributed by atoms with Crippen LogP contribution in [0.3, 0.4) is 0 Å². The van der Waals surface area contributed by atoms with Crippen LogP contribution >= 0.6 is 15.9 Å². The molecule has 0 spiro atoms. The maximum atomic E-state index is 13.4. The summed E-state index contributed by atoms with van der Waals surface area (Å²) in [7, 11) is 0. The zero-order chi connectivity index (χ0) is 12.3. The molecule has 3 N–H and O–H groups in total. The number of nitrogens with one attached hydrogen (secondary N) is 1. The third-order valence-electron chi connectivity index (χ3n) is 2.34. The fourth-order valence-corrected chi connectivity index (χ4v) is 1.95. The Morgan fingerprint density at radius 2 is 2.06 bits per heavy atom. The quantitative estimate of drug-likeness (QED) is 0.914. The second-order valence-electron chi connectivity index (χ2n) is 3.53. The molecule has 0 aliphatic heterocycles. The number of hydrogen-bond acceptors (Lipinski definition) is 3. The number of anilines is 2. The van der Waals surface area contributed by atoms with E-state index in [1.54, 1.807) is 30.6 Å². The number of rotatable bonds is 3. The van der Waals surface area contributed by atoms with Crippen LogP contribution in [0.5, 0.6) is 0 Å². The zero-order valence-corrected chi connectivity index (χ0v) is 10.5. The molecule has 1 heterocycles. The average Bonchev–Trinajstić information content (AvgIpc) is 2.30. The van der Waals surface area contributed by atoms with Crippen molar-refractivity contribution in [3.8, 4) is 0 Å². The third-order valence-corrected chi connectivity index (χ3v) is 2.94. The van der Waals surface area contributed by atoms with Gasteiger partial charge < -0.3 is 11.1 Å². The molecule has 0 saturated heterocycles. The number of aromatic nitrogens is 1. The lowest BCUT2D eigenvalue weighted by Crippen LogP contribution is -2.05. The number of benzene rings is 1. The van der Waals surface area contributed by atoms with Crippen molar-refractivity contribution in [1.29, 1.82) is 0 Å². The molecule has 0 radical (unpaired) electrons. The van der Waals surface area contributed by atoms with E-state index in [-0.39, 0.29) is 5.82 Å². The molecule has 0 saturated carbocycles. The van der Waals surface area contributed by atoms with E-state index in [9.17, 15) is 4.39 Å². The first kappa shape index (κ1) is 11.9. The minimum absolute atomic E-state index is 0.233. The van der Waals surface area contributed by atoms with Crippen molar-refractivity contribution in [2.24, 2.45) is 0 Å². The van der Waals surface area contributed by atoms with Gasteiger partial charge in [-0.25, -0.2) is 4.39 Å². The molecule has 0 aliphatic carbocycles. The summed E-state index contributed by atoms with van der Waals surface area (Å²) in [4.78, 5) is 3.93. The summed E-state index contributed by atoms with van der Waals surface area (Å²) in [6.07, 6.45) is 3.19. The van der Waals surface area contributed by atoms with Crippen LogP contribution in [0.2, 0.25) is 0 Å². The van der Waals surface area contributed by atoms with Crippen LogP contribution in [0.1, 0.15) is 5.56 Å². The number of nitrogens with two attached hydrogens (primary N) is 1. The number of halogens is 2. The van der Waals surface area contributed by atoms with Crippen LogP contribution in [0, 0.1) is 5.82 Å². The molecule has 0 bridgehead atoms. The number of hydrogen-bond donors (Lipinski definition) is 2. The second kappa shape index (κ2) is 5.14. The van der Waals surface area contributed by atoms with Crippen molar-refractivity contribution in [2.45, 2.75) is 6.54 Å². The summed E-state index contributed by atoms with van der Waals surface area (Å²) in [6, 6.07) is 6.62. The SMILES string of the molecule is Nc1cncc(Br)c1NCc1ccccc1F. The van der Waals surface area contributed by atoms with E-state index in [4.69, 9.17) is 5.73 Å². The van der Waals surface area contributed by atoms with Crippen LogP contribution in [-0.2, 0) is 6.54 Å². The summed E-state index contributed by atoms with van der Waals surface area (Å²) in [5.74, 6) is -0.233. The molecule has 2 rings (SSSR count). The first-order valence-corrected chi connectivity index (χ1v) is 5.84. The van der Waals surface area contributed by atoms with E-state index < -0.39 is 0 Å². The smallest absolute Gasteiger partial charge is 0.128 e. The first-order chi connectivity index (χ1) is 8.18. The number of nitrogen functional groups attached to an aromatic ring is 1. The van der Waals surface area contributed by atoms with Crippen LogP contribution in [-0.4, -0.2) is 4.98 Å². The van der Waals surface area contributed by atoms with E-state index in [1.165, 1.54) is 6.07 Å². The molecule has 5 heteroatoms. The Bertz CT molecular complexity index is 511. The van der Waals surface area contributed by atoms with Crippen molar-refractivity contribution in [3.05, 3.63) is 52.5 Å². The van der Waals surface area contributed by atoms with E-state index in [0.29, 0.717) is 17.8 Å². The Hall–Kier alpha value is -1.62. The summed E-state index contributed by atoms with van der Waals surface area (Å²) in [5, 5.41) is 3.09. The van der Waals surface area contributed by atoms with Crippen molar-refractivity contribution >= 4 is 27.3 Å². The van der Waals surface area contributed by atoms with Gasteiger partial charge in [-0.05, 0) is 22.0 Å². The summed E-state index contributed by atoms with van der Waals surface area (Å²) < 4.78 is 14.2. The molecule has 0 amide bonds. The molecule has 0 atom stereocenters. The zero-order valence-electron chi connectivity index (χ0n) is 8.95. The number of pyridine rings is 1. The largest absolute Gasteiger partial charge is 0.396 e. The van der Waals surface area contributed by atoms with Gasteiger partial charge >= 0.3 is 0 Å². The van der Waals surface area contributed by atoms with E-state index in [2.05, 4.69) is 26.2 Å². The summed E-state index contributed by atoms with van der Waals surface area (Å²) >= 11 is 3.34. The van der Waals surface area contributed by atoms with Gasteiger partial charge in [0.05, 0.1) is 22.0 Å². The molecule has 0 unspecified atom stereocenters. The normalized spacial score (nSPS) is 10.2. The third kappa shape index (κ3) is 2.74. The Labute approximate surface area is 107 Å². The monoisotopic (exact) mass is 295 g/mol. The molecule has 0 aliphatic rings. The Morgan fingerprint density at radius 1 is 1.29 bits per heavy atom. The topological polar surface area (TPSA) is 50.9 Å². The minimum Gasteiger partial charge on any atom is -0.396 e. The van der Waals surface area contributed by atoms with Gasteiger partial charge in [0, 0.05) is 18.3 Å². The van der Waals surface area contributed by atoms with Gasteiger partial charge in [-0.2, -0.15) is 0 Å². The van der Waals surface area contributed by atoms with E-state index in [0.717, 1.165) is 10.2 Å². The lowest BCUT2D eigenvalue weighted by Gasteiger charge is -2.11. The van der Waals surface area contributed by atoms with Crippen molar-refractivity contribution < 1.29 is 4.39 Å². The lowest BCUT2D eigenvalue weighted by atomic mass is 10.2.